The van der Waals surface area contributed by atoms with Crippen molar-refractivity contribution in [1.82, 2.24) is 5.43 Å². The van der Waals surface area contributed by atoms with E-state index in [9.17, 15) is 18.0 Å². The summed E-state index contributed by atoms with van der Waals surface area (Å²) in [5, 5.41) is 11.3. The van der Waals surface area contributed by atoms with Crippen LogP contribution in [0.5, 0.6) is 0 Å². The number of hydrogen-bond acceptors (Lipinski definition) is 3. The fourth-order valence-corrected chi connectivity index (χ4v) is 0.765. The lowest BCUT2D eigenvalue weighted by Gasteiger charge is -2.12. The van der Waals surface area contributed by atoms with E-state index < -0.39 is 30.3 Å². The Balaban J connectivity index is 2.59. The lowest BCUT2D eigenvalue weighted by atomic mass is 10.1. The number of aliphatic carboxylic acids is 1. The van der Waals surface area contributed by atoms with E-state index in [0.717, 1.165) is 0 Å². The van der Waals surface area contributed by atoms with E-state index in [1.807, 2.05) is 0 Å². The van der Waals surface area contributed by atoms with Crippen LogP contribution in [0.1, 0.15) is 6.42 Å². The van der Waals surface area contributed by atoms with Gasteiger partial charge < -0.3 is 5.11 Å². The maximum absolute atomic E-state index is 11.9. The molecule has 0 aromatic heterocycles. The van der Waals surface area contributed by atoms with Crippen LogP contribution in [0.3, 0.4) is 0 Å². The van der Waals surface area contributed by atoms with Crippen molar-refractivity contribution in [3.05, 3.63) is 0 Å². The van der Waals surface area contributed by atoms with E-state index in [1.165, 1.54) is 0 Å². The van der Waals surface area contributed by atoms with Gasteiger partial charge in [-0.05, 0) is 0 Å². The molecule has 0 radical (unpaired) electrons. The molecule has 1 rings (SSSR count). The molecule has 0 amide bonds. The van der Waals surface area contributed by atoms with Gasteiger partial charge in [0.15, 0.2) is 0 Å². The fraction of sp³-hybridized carbons (Fsp3) is 0.600. The molecule has 1 aliphatic heterocycles. The molecule has 0 saturated carbocycles. The van der Waals surface area contributed by atoms with Gasteiger partial charge in [0.2, 0.25) is 0 Å². The van der Waals surface area contributed by atoms with Crippen molar-refractivity contribution < 1.29 is 23.1 Å². The molecule has 7 heteroatoms. The standard InChI is InChI=1S/C5H5F3N2O2/c6-5(7,8)3-1-2(4(11)12)9-10-3/h3,10H,1H2,(H,11,12)/t3-/m0/s1. The molecule has 0 unspecified atom stereocenters. The van der Waals surface area contributed by atoms with Gasteiger partial charge in [0.1, 0.15) is 11.8 Å². The van der Waals surface area contributed by atoms with Crippen molar-refractivity contribution in [3.8, 4) is 0 Å². The summed E-state index contributed by atoms with van der Waals surface area (Å²) in [6.07, 6.45) is -5.06. The molecule has 12 heavy (non-hydrogen) atoms. The van der Waals surface area contributed by atoms with Crippen LogP contribution >= 0.6 is 0 Å². The topological polar surface area (TPSA) is 61.7 Å². The quantitative estimate of drug-likeness (QED) is 0.615. The van der Waals surface area contributed by atoms with E-state index in [1.54, 1.807) is 5.43 Å². The van der Waals surface area contributed by atoms with Gasteiger partial charge >= 0.3 is 12.1 Å². The van der Waals surface area contributed by atoms with Crippen LogP contribution in [-0.2, 0) is 4.79 Å². The van der Waals surface area contributed by atoms with Crippen molar-refractivity contribution >= 4 is 11.7 Å². The summed E-state index contributed by atoms with van der Waals surface area (Å²) in [6, 6.07) is -1.86. The molecule has 1 heterocycles. The first-order chi connectivity index (χ1) is 5.41. The number of halogens is 3. The molecule has 1 aliphatic rings. The number of carboxylic acids is 1. The Labute approximate surface area is 65.1 Å². The van der Waals surface area contributed by atoms with Crippen molar-refractivity contribution in [2.24, 2.45) is 5.10 Å². The number of hydrogen-bond donors (Lipinski definition) is 2. The number of alkyl halides is 3. The maximum Gasteiger partial charge on any atom is 0.410 e. The normalized spacial score (nSPS) is 23.2. The van der Waals surface area contributed by atoms with Crippen LogP contribution in [-0.4, -0.2) is 29.0 Å². The first-order valence-electron chi connectivity index (χ1n) is 3.03. The van der Waals surface area contributed by atoms with Crippen LogP contribution in [0.15, 0.2) is 5.10 Å². The molecule has 1 atom stereocenters. The van der Waals surface area contributed by atoms with Crippen LogP contribution < -0.4 is 5.43 Å². The number of nitrogens with one attached hydrogen (secondary N) is 1. The van der Waals surface area contributed by atoms with E-state index in [2.05, 4.69) is 5.10 Å². The first kappa shape index (κ1) is 8.82. The van der Waals surface area contributed by atoms with Gasteiger partial charge in [-0.3, -0.25) is 5.43 Å². The van der Waals surface area contributed by atoms with E-state index in [-0.39, 0.29) is 0 Å². The third-order valence-corrected chi connectivity index (χ3v) is 1.39. The van der Waals surface area contributed by atoms with Crippen LogP contribution in [0.25, 0.3) is 0 Å². The molecule has 4 nitrogen and oxygen atoms in total. The maximum atomic E-state index is 11.9. The smallest absolute Gasteiger partial charge is 0.410 e. The molecule has 0 saturated heterocycles. The number of carboxylic acid groups (broad SMARTS) is 1. The summed E-state index contributed by atoms with van der Waals surface area (Å²) in [5.41, 5.74) is 1.22. The predicted molar refractivity (Wildman–Crippen MR) is 32.7 cm³/mol. The van der Waals surface area contributed by atoms with Crippen molar-refractivity contribution in [1.29, 1.82) is 0 Å². The summed E-state index contributed by atoms with van der Waals surface area (Å²) in [5.74, 6) is -1.42. The van der Waals surface area contributed by atoms with Crippen molar-refractivity contribution in [2.45, 2.75) is 18.6 Å². The zero-order valence-electron chi connectivity index (χ0n) is 5.72. The Bertz CT molecular complexity index is 235. The monoisotopic (exact) mass is 182 g/mol. The summed E-state index contributed by atoms with van der Waals surface area (Å²) in [6.45, 7) is 0. The molecule has 0 spiro atoms. The Morgan fingerprint density at radius 1 is 1.67 bits per heavy atom. The van der Waals surface area contributed by atoms with Gasteiger partial charge in [-0.2, -0.15) is 18.3 Å². The van der Waals surface area contributed by atoms with Crippen molar-refractivity contribution in [2.75, 3.05) is 0 Å². The molecular formula is C5H5F3N2O2. The van der Waals surface area contributed by atoms with Gasteiger partial charge in [-0.15, -0.1) is 0 Å². The minimum Gasteiger partial charge on any atom is -0.477 e. The third-order valence-electron chi connectivity index (χ3n) is 1.39. The first-order valence-corrected chi connectivity index (χ1v) is 3.03. The average molecular weight is 182 g/mol. The van der Waals surface area contributed by atoms with Gasteiger partial charge in [-0.25, -0.2) is 4.79 Å². The van der Waals surface area contributed by atoms with Gasteiger partial charge in [0.25, 0.3) is 0 Å². The Hall–Kier alpha value is -1.27. The molecule has 68 valence electrons. The Morgan fingerprint density at radius 3 is 2.50 bits per heavy atom. The highest BCUT2D eigenvalue weighted by Crippen LogP contribution is 2.25. The minimum absolute atomic E-state index is 0.489. The summed E-state index contributed by atoms with van der Waals surface area (Å²) >= 11 is 0. The van der Waals surface area contributed by atoms with E-state index >= 15 is 0 Å². The largest absolute Gasteiger partial charge is 0.477 e. The van der Waals surface area contributed by atoms with Gasteiger partial charge in [-0.1, -0.05) is 0 Å². The molecule has 0 aliphatic carbocycles. The summed E-state index contributed by atoms with van der Waals surface area (Å²) in [7, 11) is 0. The molecule has 2 N–H and O–H groups in total. The number of nitrogens with zero attached hydrogens (tertiary/aromatic N) is 1. The van der Waals surface area contributed by atoms with Crippen molar-refractivity contribution in [3.63, 3.8) is 0 Å². The highest BCUT2D eigenvalue weighted by atomic mass is 19.4. The second-order valence-electron chi connectivity index (χ2n) is 2.29. The van der Waals surface area contributed by atoms with Crippen LogP contribution in [0.2, 0.25) is 0 Å². The van der Waals surface area contributed by atoms with Gasteiger partial charge in [0.05, 0.1) is 0 Å². The second-order valence-corrected chi connectivity index (χ2v) is 2.29. The third kappa shape index (κ3) is 1.66. The SMILES string of the molecule is O=C(O)C1=NN[C@H](C(F)(F)F)C1. The predicted octanol–water partition coefficient (Wildman–Crippen LogP) is 0.351. The van der Waals surface area contributed by atoms with E-state index in [0.29, 0.717) is 0 Å². The highest BCUT2D eigenvalue weighted by Gasteiger charge is 2.44. The second kappa shape index (κ2) is 2.65. The van der Waals surface area contributed by atoms with Gasteiger partial charge in [0, 0.05) is 6.42 Å². The molecule has 0 aromatic carbocycles. The lowest BCUT2D eigenvalue weighted by molar-refractivity contribution is -0.152. The molecular weight excluding hydrogens is 177 g/mol. The number of hydrazone groups is 1. The minimum atomic E-state index is -4.44. The molecule has 0 aromatic rings. The molecule has 0 fully saturated rings. The molecule has 0 bridgehead atoms. The Kier molecular flexibility index (Phi) is 1.95. The summed E-state index contributed by atoms with van der Waals surface area (Å²) < 4.78 is 35.6. The van der Waals surface area contributed by atoms with E-state index in [4.69, 9.17) is 5.11 Å². The fourth-order valence-electron chi connectivity index (χ4n) is 0.765. The van der Waals surface area contributed by atoms with Crippen LogP contribution in [0, 0.1) is 0 Å². The summed E-state index contributed by atoms with van der Waals surface area (Å²) in [4.78, 5) is 10.1. The Morgan fingerprint density at radius 2 is 2.25 bits per heavy atom. The number of carbonyl (C=O) groups is 1. The number of rotatable bonds is 1. The highest BCUT2D eigenvalue weighted by molar-refractivity contribution is 6.36. The zero-order valence-corrected chi connectivity index (χ0v) is 5.72. The lowest BCUT2D eigenvalue weighted by Crippen LogP contribution is -2.36. The average Bonchev–Trinajstić information content (AvgIpc) is 2.30. The van der Waals surface area contributed by atoms with Crippen LogP contribution in [0.4, 0.5) is 13.2 Å². The zero-order chi connectivity index (χ0) is 9.35.